The molecule has 1 aliphatic heterocycles. The summed E-state index contributed by atoms with van der Waals surface area (Å²) in [4.78, 5) is 33.7. The summed E-state index contributed by atoms with van der Waals surface area (Å²) in [5, 5.41) is 4.05. The number of nitrogens with one attached hydrogen (secondary N) is 1. The molecule has 1 saturated heterocycles. The number of aromatic nitrogens is 1. The van der Waals surface area contributed by atoms with Gasteiger partial charge in [0.05, 0.1) is 22.7 Å². The Morgan fingerprint density at radius 2 is 2.13 bits per heavy atom. The van der Waals surface area contributed by atoms with Gasteiger partial charge in [-0.3, -0.25) is 9.59 Å². The van der Waals surface area contributed by atoms with Crippen LogP contribution in [0.5, 0.6) is 0 Å². The Bertz CT molecular complexity index is 1060. The third kappa shape index (κ3) is 4.12. The van der Waals surface area contributed by atoms with Crippen molar-refractivity contribution in [3.63, 3.8) is 0 Å². The molecule has 2 aromatic heterocycles. The number of carbonyl (C=O) groups excluding carboxylic acids is 2. The first-order valence-electron chi connectivity index (χ1n) is 10.1. The Labute approximate surface area is 183 Å². The summed E-state index contributed by atoms with van der Waals surface area (Å²) in [6.07, 6.45) is 2.60. The summed E-state index contributed by atoms with van der Waals surface area (Å²) in [6.45, 7) is 3.58. The number of benzene rings is 1. The van der Waals surface area contributed by atoms with E-state index in [1.165, 1.54) is 22.7 Å². The number of fused-ring (bicyclic) bond motifs is 1. The van der Waals surface area contributed by atoms with Gasteiger partial charge in [0.15, 0.2) is 0 Å². The van der Waals surface area contributed by atoms with Crippen molar-refractivity contribution in [2.24, 2.45) is 0 Å². The predicted molar refractivity (Wildman–Crippen MR) is 121 cm³/mol. The molecule has 0 unspecified atom stereocenters. The number of carbonyl (C=O) groups is 2. The summed E-state index contributed by atoms with van der Waals surface area (Å²) in [7, 11) is 1.62. The SMILES string of the molecule is COCCNC(=O)c1sc2ccccc2c1C[C@H]1CCCN1C(=O)c1scnc1C. The van der Waals surface area contributed by atoms with Gasteiger partial charge in [-0.1, -0.05) is 18.2 Å². The van der Waals surface area contributed by atoms with Crippen LogP contribution >= 0.6 is 22.7 Å². The summed E-state index contributed by atoms with van der Waals surface area (Å²) in [6, 6.07) is 8.20. The average molecular weight is 444 g/mol. The molecular formula is C22H25N3O3S2. The van der Waals surface area contributed by atoms with Crippen LogP contribution in [0.25, 0.3) is 10.1 Å². The number of methoxy groups -OCH3 is 1. The highest BCUT2D eigenvalue weighted by Gasteiger charge is 2.33. The standard InChI is InChI=1S/C22H25N3O3S2/c1-14-19(29-13-24-14)22(27)25-10-5-6-15(25)12-17-16-7-3-4-8-18(16)30-20(17)21(26)23-9-11-28-2/h3-4,7-8,13,15H,5-6,9-12H2,1-2H3,(H,23,26)/t15-/m1/s1. The van der Waals surface area contributed by atoms with Gasteiger partial charge >= 0.3 is 0 Å². The van der Waals surface area contributed by atoms with E-state index in [9.17, 15) is 9.59 Å². The molecule has 30 heavy (non-hydrogen) atoms. The molecule has 0 saturated carbocycles. The van der Waals surface area contributed by atoms with Crippen LogP contribution in [0.3, 0.4) is 0 Å². The maximum absolute atomic E-state index is 13.1. The largest absolute Gasteiger partial charge is 0.383 e. The number of hydrogen-bond acceptors (Lipinski definition) is 6. The van der Waals surface area contributed by atoms with Gasteiger partial charge < -0.3 is 15.0 Å². The molecule has 3 heterocycles. The lowest BCUT2D eigenvalue weighted by atomic mass is 10.00. The smallest absolute Gasteiger partial charge is 0.266 e. The minimum absolute atomic E-state index is 0.0585. The predicted octanol–water partition coefficient (Wildman–Crippen LogP) is 3.89. The number of amides is 2. The third-order valence-corrected chi connectivity index (χ3v) is 7.64. The topological polar surface area (TPSA) is 71.5 Å². The van der Waals surface area contributed by atoms with Crippen LogP contribution in [0, 0.1) is 6.92 Å². The molecule has 1 atom stereocenters. The average Bonchev–Trinajstić information content (AvgIpc) is 3.47. The van der Waals surface area contributed by atoms with Crippen molar-refractivity contribution in [1.29, 1.82) is 0 Å². The fraction of sp³-hybridized carbons (Fsp3) is 0.409. The van der Waals surface area contributed by atoms with E-state index in [0.717, 1.165) is 50.5 Å². The van der Waals surface area contributed by atoms with E-state index in [4.69, 9.17) is 4.74 Å². The molecule has 4 rings (SSSR count). The monoisotopic (exact) mass is 443 g/mol. The summed E-state index contributed by atoms with van der Waals surface area (Å²) in [5.74, 6) is -0.0134. The maximum Gasteiger partial charge on any atom is 0.266 e. The second-order valence-electron chi connectivity index (χ2n) is 7.42. The second kappa shape index (κ2) is 9.24. The van der Waals surface area contributed by atoms with Crippen molar-refractivity contribution < 1.29 is 14.3 Å². The lowest BCUT2D eigenvalue weighted by Crippen LogP contribution is -2.37. The fourth-order valence-electron chi connectivity index (χ4n) is 4.02. The zero-order chi connectivity index (χ0) is 21.1. The van der Waals surface area contributed by atoms with Gasteiger partial charge in [-0.05, 0) is 43.2 Å². The minimum atomic E-state index is -0.0718. The van der Waals surface area contributed by atoms with Gasteiger partial charge in [-0.25, -0.2) is 4.98 Å². The summed E-state index contributed by atoms with van der Waals surface area (Å²) >= 11 is 2.92. The zero-order valence-electron chi connectivity index (χ0n) is 17.1. The van der Waals surface area contributed by atoms with Crippen molar-refractivity contribution in [3.8, 4) is 0 Å². The first kappa shape index (κ1) is 21.0. The number of aryl methyl sites for hydroxylation is 1. The zero-order valence-corrected chi connectivity index (χ0v) is 18.8. The van der Waals surface area contributed by atoms with E-state index in [2.05, 4.69) is 16.4 Å². The molecule has 2 amide bonds. The molecule has 3 aromatic rings. The van der Waals surface area contributed by atoms with Crippen LogP contribution in [-0.4, -0.2) is 54.5 Å². The molecule has 1 N–H and O–H groups in total. The van der Waals surface area contributed by atoms with Gasteiger partial charge in [0, 0.05) is 30.9 Å². The summed E-state index contributed by atoms with van der Waals surface area (Å²) < 4.78 is 6.15. The first-order chi connectivity index (χ1) is 14.6. The van der Waals surface area contributed by atoms with E-state index in [1.807, 2.05) is 30.0 Å². The van der Waals surface area contributed by atoms with E-state index < -0.39 is 0 Å². The van der Waals surface area contributed by atoms with Crippen molar-refractivity contribution >= 4 is 44.6 Å². The molecule has 6 nitrogen and oxygen atoms in total. The molecule has 158 valence electrons. The van der Waals surface area contributed by atoms with Crippen LogP contribution in [0.4, 0.5) is 0 Å². The Balaban J connectivity index is 1.62. The molecule has 0 aliphatic carbocycles. The number of thiazole rings is 1. The van der Waals surface area contributed by atoms with Crippen molar-refractivity contribution in [2.45, 2.75) is 32.2 Å². The molecule has 0 spiro atoms. The summed E-state index contributed by atoms with van der Waals surface area (Å²) in [5.41, 5.74) is 3.55. The van der Waals surface area contributed by atoms with Crippen molar-refractivity contribution in [3.05, 3.63) is 50.8 Å². The van der Waals surface area contributed by atoms with Gasteiger partial charge in [0.2, 0.25) is 0 Å². The normalized spacial score (nSPS) is 16.3. The Morgan fingerprint density at radius 3 is 2.90 bits per heavy atom. The van der Waals surface area contributed by atoms with Crippen molar-refractivity contribution in [2.75, 3.05) is 26.8 Å². The number of hydrogen-bond donors (Lipinski definition) is 1. The van der Waals surface area contributed by atoms with Gasteiger partial charge in [0.1, 0.15) is 4.88 Å². The molecular weight excluding hydrogens is 418 g/mol. The molecule has 1 fully saturated rings. The van der Waals surface area contributed by atoms with E-state index >= 15 is 0 Å². The molecule has 1 aliphatic rings. The second-order valence-corrected chi connectivity index (χ2v) is 9.33. The fourth-order valence-corrected chi connectivity index (χ4v) is 5.93. The van der Waals surface area contributed by atoms with Gasteiger partial charge in [0.25, 0.3) is 11.8 Å². The lowest BCUT2D eigenvalue weighted by Gasteiger charge is -2.25. The Morgan fingerprint density at radius 1 is 1.30 bits per heavy atom. The maximum atomic E-state index is 13.1. The number of likely N-dealkylation sites (tertiary alicyclic amines) is 1. The number of ether oxygens (including phenoxy) is 1. The van der Waals surface area contributed by atoms with Crippen LogP contribution in [0.15, 0.2) is 29.8 Å². The molecule has 8 heteroatoms. The molecule has 1 aromatic carbocycles. The Kier molecular flexibility index (Phi) is 6.46. The minimum Gasteiger partial charge on any atom is -0.383 e. The van der Waals surface area contributed by atoms with E-state index in [-0.39, 0.29) is 17.9 Å². The number of rotatable bonds is 7. The van der Waals surface area contributed by atoms with E-state index in [0.29, 0.717) is 19.6 Å². The first-order valence-corrected chi connectivity index (χ1v) is 11.8. The third-order valence-electron chi connectivity index (χ3n) is 5.51. The van der Waals surface area contributed by atoms with Gasteiger partial charge in [-0.2, -0.15) is 0 Å². The highest BCUT2D eigenvalue weighted by atomic mass is 32.1. The Hall–Kier alpha value is -2.29. The van der Waals surface area contributed by atoms with E-state index in [1.54, 1.807) is 12.6 Å². The quantitative estimate of drug-likeness (QED) is 0.563. The molecule has 0 radical (unpaired) electrons. The van der Waals surface area contributed by atoms with Crippen molar-refractivity contribution in [1.82, 2.24) is 15.2 Å². The highest BCUT2D eigenvalue weighted by Crippen LogP contribution is 2.35. The molecule has 0 bridgehead atoms. The number of nitrogens with zero attached hydrogens (tertiary/aromatic N) is 2. The number of thiophene rings is 1. The van der Waals surface area contributed by atoms with Crippen LogP contribution < -0.4 is 5.32 Å². The van der Waals surface area contributed by atoms with Gasteiger partial charge in [-0.15, -0.1) is 22.7 Å². The van der Waals surface area contributed by atoms with Crippen LogP contribution in [0.2, 0.25) is 0 Å². The van der Waals surface area contributed by atoms with Crippen LogP contribution in [-0.2, 0) is 11.2 Å². The highest BCUT2D eigenvalue weighted by molar-refractivity contribution is 7.21. The van der Waals surface area contributed by atoms with Crippen LogP contribution in [0.1, 0.15) is 43.4 Å². The lowest BCUT2D eigenvalue weighted by molar-refractivity contribution is 0.0740.